The van der Waals surface area contributed by atoms with E-state index in [4.69, 9.17) is 0 Å². The summed E-state index contributed by atoms with van der Waals surface area (Å²) in [5, 5.41) is 0.959. The second kappa shape index (κ2) is 3.64. The summed E-state index contributed by atoms with van der Waals surface area (Å²) in [6.45, 7) is 2.00. The molecule has 0 atom stereocenters. The van der Waals surface area contributed by atoms with Crippen molar-refractivity contribution in [2.24, 2.45) is 0 Å². The number of para-hydroxylation sites is 1. The molecule has 0 unspecified atom stereocenters. The average molecular weight is 227 g/mol. The highest BCUT2D eigenvalue weighted by molar-refractivity contribution is 7.21. The summed E-state index contributed by atoms with van der Waals surface area (Å²) in [5.74, 6) is 0. The lowest BCUT2D eigenvalue weighted by atomic mass is 10.2. The Morgan fingerprint density at radius 2 is 2.06 bits per heavy atom. The van der Waals surface area contributed by atoms with Crippen molar-refractivity contribution >= 4 is 21.6 Å². The van der Waals surface area contributed by atoms with Crippen LogP contribution < -0.4 is 0 Å². The van der Waals surface area contributed by atoms with Crippen LogP contribution in [0.4, 0.5) is 0 Å². The Bertz CT molecular complexity index is 612. The van der Waals surface area contributed by atoms with Gasteiger partial charge in [-0.2, -0.15) is 0 Å². The highest BCUT2D eigenvalue weighted by Crippen LogP contribution is 2.29. The number of nitrogens with zero attached hydrogens (tertiary/aromatic N) is 3. The van der Waals surface area contributed by atoms with E-state index < -0.39 is 0 Å². The summed E-state index contributed by atoms with van der Waals surface area (Å²) in [7, 11) is 0. The second-order valence-corrected chi connectivity index (χ2v) is 4.57. The fourth-order valence-electron chi connectivity index (χ4n) is 1.60. The zero-order chi connectivity index (χ0) is 11.0. The van der Waals surface area contributed by atoms with Gasteiger partial charge in [0.05, 0.1) is 10.2 Å². The van der Waals surface area contributed by atoms with Crippen molar-refractivity contribution in [3.05, 3.63) is 42.4 Å². The van der Waals surface area contributed by atoms with E-state index in [1.165, 1.54) is 4.70 Å². The Kier molecular flexibility index (Phi) is 2.15. The Morgan fingerprint density at radius 1 is 1.19 bits per heavy atom. The SMILES string of the molecule is Cc1cncnc1-c1nc2ccccc2s1. The Hall–Kier alpha value is -1.81. The minimum absolute atomic E-state index is 0.927. The summed E-state index contributed by atoms with van der Waals surface area (Å²) in [6, 6.07) is 8.12. The Balaban J connectivity index is 2.23. The molecule has 3 nitrogen and oxygen atoms in total. The number of aryl methyl sites for hydroxylation is 1. The molecule has 2 aromatic heterocycles. The highest BCUT2D eigenvalue weighted by atomic mass is 32.1. The monoisotopic (exact) mass is 227 g/mol. The van der Waals surface area contributed by atoms with Gasteiger partial charge in [-0.05, 0) is 24.6 Å². The molecule has 0 radical (unpaired) electrons. The largest absolute Gasteiger partial charge is 0.244 e. The lowest BCUT2D eigenvalue weighted by Crippen LogP contribution is -1.88. The lowest BCUT2D eigenvalue weighted by molar-refractivity contribution is 1.13. The summed E-state index contributed by atoms with van der Waals surface area (Å²) in [4.78, 5) is 12.8. The molecule has 0 N–H and O–H groups in total. The predicted molar refractivity (Wildman–Crippen MR) is 65.4 cm³/mol. The van der Waals surface area contributed by atoms with Crippen LogP contribution in [-0.4, -0.2) is 15.0 Å². The molecule has 0 saturated carbocycles. The molecule has 0 aliphatic rings. The first-order valence-electron chi connectivity index (χ1n) is 4.97. The van der Waals surface area contributed by atoms with Crippen LogP contribution in [0.1, 0.15) is 5.56 Å². The van der Waals surface area contributed by atoms with Gasteiger partial charge < -0.3 is 0 Å². The number of hydrogen-bond acceptors (Lipinski definition) is 4. The van der Waals surface area contributed by atoms with E-state index in [9.17, 15) is 0 Å². The smallest absolute Gasteiger partial charge is 0.143 e. The van der Waals surface area contributed by atoms with Crippen molar-refractivity contribution < 1.29 is 0 Å². The molecule has 0 fully saturated rings. The number of aromatic nitrogens is 3. The molecular weight excluding hydrogens is 218 g/mol. The highest BCUT2D eigenvalue weighted by Gasteiger charge is 2.08. The topological polar surface area (TPSA) is 38.7 Å². The van der Waals surface area contributed by atoms with E-state index in [-0.39, 0.29) is 0 Å². The van der Waals surface area contributed by atoms with E-state index in [1.54, 1.807) is 17.7 Å². The number of thiazole rings is 1. The number of rotatable bonds is 1. The molecular formula is C12H9N3S. The van der Waals surface area contributed by atoms with Crippen LogP contribution in [0.5, 0.6) is 0 Å². The van der Waals surface area contributed by atoms with Crippen molar-refractivity contribution in [3.63, 3.8) is 0 Å². The Labute approximate surface area is 96.8 Å². The van der Waals surface area contributed by atoms with Crippen LogP contribution in [-0.2, 0) is 0 Å². The Morgan fingerprint density at radius 3 is 2.88 bits per heavy atom. The van der Waals surface area contributed by atoms with Crippen molar-refractivity contribution in [3.8, 4) is 10.7 Å². The van der Waals surface area contributed by atoms with Crippen molar-refractivity contribution in [2.45, 2.75) is 6.92 Å². The molecule has 2 heterocycles. The normalized spacial score (nSPS) is 10.8. The molecule has 4 heteroatoms. The van der Waals surface area contributed by atoms with E-state index in [1.807, 2.05) is 31.3 Å². The first kappa shape index (κ1) is 9.42. The third-order valence-corrected chi connectivity index (χ3v) is 3.43. The number of hydrogen-bond donors (Lipinski definition) is 0. The third-order valence-electron chi connectivity index (χ3n) is 2.39. The summed E-state index contributed by atoms with van der Waals surface area (Å²) in [5.41, 5.74) is 3.01. The van der Waals surface area contributed by atoms with Crippen LogP contribution in [0, 0.1) is 6.92 Å². The second-order valence-electron chi connectivity index (χ2n) is 3.54. The third kappa shape index (κ3) is 1.47. The molecule has 0 bridgehead atoms. The summed E-state index contributed by atoms with van der Waals surface area (Å²) >= 11 is 1.66. The van der Waals surface area contributed by atoms with Gasteiger partial charge in [0.25, 0.3) is 0 Å². The molecule has 16 heavy (non-hydrogen) atoms. The van der Waals surface area contributed by atoms with Crippen LogP contribution >= 0.6 is 11.3 Å². The maximum Gasteiger partial charge on any atom is 0.143 e. The maximum atomic E-state index is 4.57. The number of fused-ring (bicyclic) bond motifs is 1. The van der Waals surface area contributed by atoms with Crippen LogP contribution in [0.15, 0.2) is 36.8 Å². The predicted octanol–water partition coefficient (Wildman–Crippen LogP) is 3.06. The van der Waals surface area contributed by atoms with Gasteiger partial charge in [0.1, 0.15) is 17.0 Å². The van der Waals surface area contributed by atoms with Crippen molar-refractivity contribution in [2.75, 3.05) is 0 Å². The molecule has 0 aliphatic carbocycles. The molecule has 3 rings (SSSR count). The molecule has 0 aliphatic heterocycles. The number of benzene rings is 1. The van der Waals surface area contributed by atoms with Gasteiger partial charge in [0.2, 0.25) is 0 Å². The molecule has 0 saturated heterocycles. The maximum absolute atomic E-state index is 4.57. The fourth-order valence-corrected chi connectivity index (χ4v) is 2.62. The summed E-state index contributed by atoms with van der Waals surface area (Å²) < 4.78 is 1.19. The van der Waals surface area contributed by atoms with E-state index in [0.717, 1.165) is 21.8 Å². The average Bonchev–Trinajstić information content (AvgIpc) is 2.73. The first-order valence-corrected chi connectivity index (χ1v) is 5.79. The first-order chi connectivity index (χ1) is 7.84. The van der Waals surface area contributed by atoms with E-state index in [0.29, 0.717) is 0 Å². The van der Waals surface area contributed by atoms with Crippen LogP contribution in [0.3, 0.4) is 0 Å². The molecule has 0 amide bonds. The van der Waals surface area contributed by atoms with Crippen molar-refractivity contribution in [1.29, 1.82) is 0 Å². The minimum Gasteiger partial charge on any atom is -0.244 e. The van der Waals surface area contributed by atoms with Crippen LogP contribution in [0.25, 0.3) is 20.9 Å². The lowest BCUT2D eigenvalue weighted by Gasteiger charge is -1.97. The standard InChI is InChI=1S/C12H9N3S/c1-8-6-13-7-14-11(8)12-15-9-4-2-3-5-10(9)16-12/h2-7H,1H3. The summed E-state index contributed by atoms with van der Waals surface area (Å²) in [6.07, 6.45) is 3.38. The van der Waals surface area contributed by atoms with Gasteiger partial charge in [0, 0.05) is 6.20 Å². The zero-order valence-electron chi connectivity index (χ0n) is 8.71. The van der Waals surface area contributed by atoms with Crippen molar-refractivity contribution in [1.82, 2.24) is 15.0 Å². The van der Waals surface area contributed by atoms with Crippen LogP contribution in [0.2, 0.25) is 0 Å². The van der Waals surface area contributed by atoms with Gasteiger partial charge in [-0.3, -0.25) is 0 Å². The van der Waals surface area contributed by atoms with Gasteiger partial charge in [-0.1, -0.05) is 12.1 Å². The molecule has 78 valence electrons. The zero-order valence-corrected chi connectivity index (χ0v) is 9.53. The van der Waals surface area contributed by atoms with Gasteiger partial charge >= 0.3 is 0 Å². The van der Waals surface area contributed by atoms with E-state index in [2.05, 4.69) is 21.0 Å². The molecule has 0 spiro atoms. The quantitative estimate of drug-likeness (QED) is 0.641. The fraction of sp³-hybridized carbons (Fsp3) is 0.0833. The van der Waals surface area contributed by atoms with Gasteiger partial charge in [-0.25, -0.2) is 15.0 Å². The molecule has 1 aromatic carbocycles. The molecule has 3 aromatic rings. The van der Waals surface area contributed by atoms with Gasteiger partial charge in [-0.15, -0.1) is 11.3 Å². The van der Waals surface area contributed by atoms with Gasteiger partial charge in [0.15, 0.2) is 0 Å². The minimum atomic E-state index is 0.927. The van der Waals surface area contributed by atoms with E-state index >= 15 is 0 Å².